The first-order valence-corrected chi connectivity index (χ1v) is 9.56. The molecule has 0 aliphatic carbocycles. The molecule has 0 fully saturated rings. The molecule has 0 amide bonds. The standard InChI is InChI=1S/C21H23BrO4/c1-3-4-5-8-13-25-20-12-11-16(14-18(20)22)21(24)26-19-10-7-6-9-17(19)15(2)23/h6-7,9-12,14H,3-5,8,13H2,1-2H3. The second-order valence-corrected chi connectivity index (χ2v) is 6.85. The summed E-state index contributed by atoms with van der Waals surface area (Å²) in [5, 5.41) is 0. The Kier molecular flexibility index (Phi) is 7.85. The van der Waals surface area contributed by atoms with E-state index in [0.29, 0.717) is 28.0 Å². The number of hydrogen-bond acceptors (Lipinski definition) is 4. The van der Waals surface area contributed by atoms with Crippen molar-refractivity contribution in [1.29, 1.82) is 0 Å². The van der Waals surface area contributed by atoms with Crippen LogP contribution in [0.5, 0.6) is 11.5 Å². The molecule has 0 atom stereocenters. The van der Waals surface area contributed by atoms with Crippen LogP contribution in [0.25, 0.3) is 0 Å². The predicted octanol–water partition coefficient (Wildman–Crippen LogP) is 5.83. The van der Waals surface area contributed by atoms with E-state index >= 15 is 0 Å². The third-order valence-electron chi connectivity index (χ3n) is 3.89. The van der Waals surface area contributed by atoms with Crippen LogP contribution in [-0.2, 0) is 0 Å². The van der Waals surface area contributed by atoms with Gasteiger partial charge in [-0.3, -0.25) is 4.79 Å². The van der Waals surface area contributed by atoms with Gasteiger partial charge in [0.05, 0.1) is 22.2 Å². The van der Waals surface area contributed by atoms with Gasteiger partial charge in [0.2, 0.25) is 0 Å². The Balaban J connectivity index is 2.02. The van der Waals surface area contributed by atoms with Gasteiger partial charge in [-0.25, -0.2) is 4.79 Å². The topological polar surface area (TPSA) is 52.6 Å². The zero-order valence-corrected chi connectivity index (χ0v) is 16.7. The van der Waals surface area contributed by atoms with Gasteiger partial charge >= 0.3 is 5.97 Å². The van der Waals surface area contributed by atoms with Gasteiger partial charge in [0.1, 0.15) is 11.5 Å². The lowest BCUT2D eigenvalue weighted by molar-refractivity contribution is 0.0732. The minimum atomic E-state index is -0.520. The molecule has 0 unspecified atom stereocenters. The number of Topliss-reactive ketones (excluding diaryl/α,β-unsaturated/α-hetero) is 1. The fraction of sp³-hybridized carbons (Fsp3) is 0.333. The minimum Gasteiger partial charge on any atom is -0.492 e. The van der Waals surface area contributed by atoms with Crippen LogP contribution in [0.15, 0.2) is 46.9 Å². The Morgan fingerprint density at radius 3 is 2.46 bits per heavy atom. The first-order valence-electron chi connectivity index (χ1n) is 8.77. The highest BCUT2D eigenvalue weighted by Crippen LogP contribution is 2.27. The van der Waals surface area contributed by atoms with Gasteiger partial charge in [-0.15, -0.1) is 0 Å². The van der Waals surface area contributed by atoms with Crippen molar-refractivity contribution in [3.63, 3.8) is 0 Å². The second-order valence-electron chi connectivity index (χ2n) is 6.00. The molecular weight excluding hydrogens is 396 g/mol. The van der Waals surface area contributed by atoms with E-state index in [1.165, 1.54) is 19.8 Å². The molecular formula is C21H23BrO4. The van der Waals surface area contributed by atoms with Gasteiger partial charge in [-0.1, -0.05) is 38.3 Å². The van der Waals surface area contributed by atoms with Crippen molar-refractivity contribution in [2.45, 2.75) is 39.5 Å². The largest absolute Gasteiger partial charge is 0.492 e. The van der Waals surface area contributed by atoms with Crippen LogP contribution in [0.3, 0.4) is 0 Å². The quantitative estimate of drug-likeness (QED) is 0.222. The summed E-state index contributed by atoms with van der Waals surface area (Å²) in [5.41, 5.74) is 0.764. The van der Waals surface area contributed by atoms with E-state index in [2.05, 4.69) is 22.9 Å². The third-order valence-corrected chi connectivity index (χ3v) is 4.51. The van der Waals surface area contributed by atoms with Crippen LogP contribution in [-0.4, -0.2) is 18.4 Å². The van der Waals surface area contributed by atoms with Gasteiger partial charge in [-0.05, 0) is 59.6 Å². The van der Waals surface area contributed by atoms with Crippen molar-refractivity contribution in [2.75, 3.05) is 6.61 Å². The van der Waals surface area contributed by atoms with Gasteiger partial charge < -0.3 is 9.47 Å². The van der Waals surface area contributed by atoms with Crippen LogP contribution < -0.4 is 9.47 Å². The molecule has 0 aliphatic rings. The Labute approximate surface area is 162 Å². The lowest BCUT2D eigenvalue weighted by Gasteiger charge is -2.11. The predicted molar refractivity (Wildman–Crippen MR) is 105 cm³/mol. The first kappa shape index (κ1) is 20.2. The highest BCUT2D eigenvalue weighted by Gasteiger charge is 2.15. The SMILES string of the molecule is CCCCCCOc1ccc(C(=O)Oc2ccccc2C(C)=O)cc1Br. The fourth-order valence-corrected chi connectivity index (χ4v) is 2.95. The molecule has 0 aliphatic heterocycles. The van der Waals surface area contributed by atoms with Crippen molar-refractivity contribution in [3.05, 3.63) is 58.1 Å². The van der Waals surface area contributed by atoms with E-state index in [1.54, 1.807) is 42.5 Å². The maximum absolute atomic E-state index is 12.4. The normalized spacial score (nSPS) is 10.4. The maximum atomic E-state index is 12.4. The number of benzene rings is 2. The molecule has 0 radical (unpaired) electrons. The number of rotatable bonds is 9. The van der Waals surface area contributed by atoms with E-state index in [0.717, 1.165) is 12.8 Å². The van der Waals surface area contributed by atoms with Crippen molar-refractivity contribution in [1.82, 2.24) is 0 Å². The van der Waals surface area contributed by atoms with E-state index in [4.69, 9.17) is 9.47 Å². The molecule has 2 aromatic carbocycles. The highest BCUT2D eigenvalue weighted by atomic mass is 79.9. The van der Waals surface area contributed by atoms with Crippen LogP contribution in [0.1, 0.15) is 60.2 Å². The molecule has 5 heteroatoms. The number of ether oxygens (including phenoxy) is 2. The molecule has 26 heavy (non-hydrogen) atoms. The summed E-state index contributed by atoms with van der Waals surface area (Å²) in [6.07, 6.45) is 4.55. The van der Waals surface area contributed by atoms with Gasteiger partial charge in [0.15, 0.2) is 5.78 Å². The summed E-state index contributed by atoms with van der Waals surface area (Å²) in [6.45, 7) is 4.26. The summed E-state index contributed by atoms with van der Waals surface area (Å²) < 4.78 is 11.8. The average molecular weight is 419 g/mol. The number of halogens is 1. The first-order chi connectivity index (χ1) is 12.5. The smallest absolute Gasteiger partial charge is 0.343 e. The lowest BCUT2D eigenvalue weighted by Crippen LogP contribution is -2.11. The molecule has 0 heterocycles. The molecule has 138 valence electrons. The molecule has 0 saturated carbocycles. The second kappa shape index (κ2) is 10.1. The zero-order chi connectivity index (χ0) is 18.9. The summed E-state index contributed by atoms with van der Waals surface area (Å²) >= 11 is 3.43. The maximum Gasteiger partial charge on any atom is 0.343 e. The third kappa shape index (κ3) is 5.70. The number of hydrogen-bond donors (Lipinski definition) is 0. The van der Waals surface area contributed by atoms with E-state index in [-0.39, 0.29) is 11.5 Å². The van der Waals surface area contributed by atoms with Crippen LogP contribution >= 0.6 is 15.9 Å². The van der Waals surface area contributed by atoms with E-state index in [1.807, 2.05) is 0 Å². The summed E-state index contributed by atoms with van der Waals surface area (Å²) in [7, 11) is 0. The summed E-state index contributed by atoms with van der Waals surface area (Å²) in [6, 6.07) is 11.8. The number of carbonyl (C=O) groups excluding carboxylic acids is 2. The highest BCUT2D eigenvalue weighted by molar-refractivity contribution is 9.10. The van der Waals surface area contributed by atoms with Crippen LogP contribution in [0.4, 0.5) is 0 Å². The molecule has 0 saturated heterocycles. The molecule has 0 aromatic heterocycles. The van der Waals surface area contributed by atoms with Crippen LogP contribution in [0, 0.1) is 0 Å². The Bertz CT molecular complexity index is 770. The molecule has 0 spiro atoms. The Hall–Kier alpha value is -2.14. The van der Waals surface area contributed by atoms with Gasteiger partial charge in [-0.2, -0.15) is 0 Å². The van der Waals surface area contributed by atoms with Gasteiger partial charge in [0.25, 0.3) is 0 Å². The lowest BCUT2D eigenvalue weighted by atomic mass is 10.1. The van der Waals surface area contributed by atoms with Crippen LogP contribution in [0.2, 0.25) is 0 Å². The molecule has 2 aromatic rings. The van der Waals surface area contributed by atoms with Crippen molar-refractivity contribution in [3.8, 4) is 11.5 Å². The van der Waals surface area contributed by atoms with E-state index < -0.39 is 5.97 Å². The molecule has 2 rings (SSSR count). The number of para-hydroxylation sites is 1. The average Bonchev–Trinajstić information content (AvgIpc) is 2.63. The Morgan fingerprint density at radius 1 is 1.00 bits per heavy atom. The van der Waals surface area contributed by atoms with Crippen molar-refractivity contribution in [2.24, 2.45) is 0 Å². The van der Waals surface area contributed by atoms with E-state index in [9.17, 15) is 9.59 Å². The minimum absolute atomic E-state index is 0.151. The number of unbranched alkanes of at least 4 members (excludes halogenated alkanes) is 3. The summed E-state index contributed by atoms with van der Waals surface area (Å²) in [5.74, 6) is 0.287. The molecule has 4 nitrogen and oxygen atoms in total. The Morgan fingerprint density at radius 2 is 1.77 bits per heavy atom. The monoisotopic (exact) mass is 418 g/mol. The number of esters is 1. The van der Waals surface area contributed by atoms with Crippen molar-refractivity contribution < 1.29 is 19.1 Å². The number of ketones is 1. The molecule has 0 bridgehead atoms. The fourth-order valence-electron chi connectivity index (χ4n) is 2.46. The van der Waals surface area contributed by atoms with Gasteiger partial charge in [0, 0.05) is 0 Å². The zero-order valence-electron chi connectivity index (χ0n) is 15.1. The molecule has 0 N–H and O–H groups in total. The number of carbonyl (C=O) groups is 2. The summed E-state index contributed by atoms with van der Waals surface area (Å²) in [4.78, 5) is 24.0. The van der Waals surface area contributed by atoms with Crippen molar-refractivity contribution >= 4 is 27.7 Å².